The first-order valence-corrected chi connectivity index (χ1v) is 6.11. The summed E-state index contributed by atoms with van der Waals surface area (Å²) < 4.78 is 0. The molecule has 1 saturated heterocycles. The molecule has 1 aliphatic heterocycles. The van der Waals surface area contributed by atoms with E-state index in [4.69, 9.17) is 5.73 Å². The smallest absolute Gasteiger partial charge is 0.0847 e. The van der Waals surface area contributed by atoms with Crippen LogP contribution >= 0.6 is 0 Å². The van der Waals surface area contributed by atoms with E-state index in [1.165, 1.54) is 0 Å². The molecule has 0 bridgehead atoms. The molecular weight excluding hydrogens is 188 g/mol. The van der Waals surface area contributed by atoms with Crippen LogP contribution in [0.4, 0.5) is 0 Å². The predicted molar refractivity (Wildman–Crippen MR) is 63.8 cm³/mol. The quantitative estimate of drug-likeness (QED) is 0.743. The van der Waals surface area contributed by atoms with Gasteiger partial charge in [0.1, 0.15) is 0 Å². The highest BCUT2D eigenvalue weighted by molar-refractivity contribution is 5.02. The molecule has 0 radical (unpaired) electrons. The number of hydrogen-bond acceptors (Lipinski definition) is 3. The highest BCUT2D eigenvalue weighted by Gasteiger charge is 2.44. The van der Waals surface area contributed by atoms with E-state index in [0.29, 0.717) is 0 Å². The number of unbranched alkanes of at least 4 members (excludes halogenated alkanes) is 1. The number of rotatable bonds is 4. The summed E-state index contributed by atoms with van der Waals surface area (Å²) in [5.74, 6) is 0. The third-order valence-corrected chi connectivity index (χ3v) is 3.93. The number of piperidine rings is 1. The molecule has 0 aromatic carbocycles. The van der Waals surface area contributed by atoms with Gasteiger partial charge in [-0.2, -0.15) is 0 Å². The maximum atomic E-state index is 10.6. The number of likely N-dealkylation sites (tertiary alicyclic amines) is 1. The van der Waals surface area contributed by atoms with Gasteiger partial charge in [0, 0.05) is 18.6 Å². The van der Waals surface area contributed by atoms with Crippen molar-refractivity contribution in [3.05, 3.63) is 0 Å². The van der Waals surface area contributed by atoms with Gasteiger partial charge < -0.3 is 15.7 Å². The van der Waals surface area contributed by atoms with Crippen molar-refractivity contribution in [3.63, 3.8) is 0 Å². The lowest BCUT2D eigenvalue weighted by Crippen LogP contribution is -2.62. The van der Waals surface area contributed by atoms with Gasteiger partial charge in [0.05, 0.1) is 5.60 Å². The van der Waals surface area contributed by atoms with E-state index in [-0.39, 0.29) is 0 Å². The first kappa shape index (κ1) is 12.9. The second-order valence-corrected chi connectivity index (χ2v) is 5.36. The molecule has 0 spiro atoms. The van der Waals surface area contributed by atoms with Crippen molar-refractivity contribution < 1.29 is 5.11 Å². The largest absolute Gasteiger partial charge is 0.388 e. The van der Waals surface area contributed by atoms with Gasteiger partial charge in [-0.15, -0.1) is 0 Å². The van der Waals surface area contributed by atoms with Crippen LogP contribution in [-0.2, 0) is 0 Å². The molecule has 0 aromatic heterocycles. The number of nitrogens with zero attached hydrogens (tertiary/aromatic N) is 1. The summed E-state index contributed by atoms with van der Waals surface area (Å²) in [4.78, 5) is 2.25. The summed E-state index contributed by atoms with van der Waals surface area (Å²) in [6, 6.07) is 0. The second kappa shape index (κ2) is 4.81. The summed E-state index contributed by atoms with van der Waals surface area (Å²) in [5.41, 5.74) is 5.20. The Morgan fingerprint density at radius 2 is 1.93 bits per heavy atom. The Kier molecular flexibility index (Phi) is 4.15. The van der Waals surface area contributed by atoms with Crippen LogP contribution in [0.2, 0.25) is 0 Å². The lowest BCUT2D eigenvalue weighted by atomic mass is 9.72. The molecule has 0 aliphatic carbocycles. The highest BCUT2D eigenvalue weighted by Crippen LogP contribution is 2.34. The third kappa shape index (κ3) is 2.92. The molecule has 1 rings (SSSR count). The molecule has 3 N–H and O–H groups in total. The molecule has 1 unspecified atom stereocenters. The third-order valence-electron chi connectivity index (χ3n) is 3.93. The normalized spacial score (nSPS) is 26.2. The van der Waals surface area contributed by atoms with Gasteiger partial charge in [-0.3, -0.25) is 0 Å². The standard InChI is InChI=1S/C12H26N2O/c1-4-5-6-11(2,13)12(15)7-9-14(3)10-8-12/h15H,4-10,13H2,1-3H3. The number of nitrogens with two attached hydrogens (primary N) is 1. The molecule has 3 heteroatoms. The van der Waals surface area contributed by atoms with Crippen molar-refractivity contribution in [1.29, 1.82) is 0 Å². The first-order valence-electron chi connectivity index (χ1n) is 6.11. The molecule has 0 saturated carbocycles. The molecule has 1 fully saturated rings. The summed E-state index contributed by atoms with van der Waals surface area (Å²) in [7, 11) is 2.10. The van der Waals surface area contributed by atoms with Crippen LogP contribution in [0.15, 0.2) is 0 Å². The van der Waals surface area contributed by atoms with Crippen LogP contribution in [0.1, 0.15) is 46.0 Å². The lowest BCUT2D eigenvalue weighted by molar-refractivity contribution is -0.0743. The molecule has 1 atom stereocenters. The molecule has 0 amide bonds. The van der Waals surface area contributed by atoms with E-state index in [0.717, 1.165) is 45.2 Å². The zero-order valence-electron chi connectivity index (χ0n) is 10.4. The minimum absolute atomic E-state index is 0.426. The van der Waals surface area contributed by atoms with E-state index < -0.39 is 11.1 Å². The fourth-order valence-electron chi connectivity index (χ4n) is 2.34. The van der Waals surface area contributed by atoms with E-state index in [1.54, 1.807) is 0 Å². The van der Waals surface area contributed by atoms with Crippen LogP contribution in [0.25, 0.3) is 0 Å². The summed E-state index contributed by atoms with van der Waals surface area (Å²) >= 11 is 0. The van der Waals surface area contributed by atoms with Crippen LogP contribution < -0.4 is 5.73 Å². The van der Waals surface area contributed by atoms with E-state index in [2.05, 4.69) is 18.9 Å². The van der Waals surface area contributed by atoms with Crippen molar-refractivity contribution in [3.8, 4) is 0 Å². The van der Waals surface area contributed by atoms with Gasteiger partial charge in [0.25, 0.3) is 0 Å². The molecule has 3 nitrogen and oxygen atoms in total. The summed E-state index contributed by atoms with van der Waals surface area (Å²) in [6.45, 7) is 6.08. The Balaban J connectivity index is 2.59. The summed E-state index contributed by atoms with van der Waals surface area (Å²) in [6.07, 6.45) is 4.78. The van der Waals surface area contributed by atoms with Crippen LogP contribution in [0.5, 0.6) is 0 Å². The molecular formula is C12H26N2O. The van der Waals surface area contributed by atoms with Gasteiger partial charge in [-0.05, 0) is 33.2 Å². The fourth-order valence-corrected chi connectivity index (χ4v) is 2.34. The lowest BCUT2D eigenvalue weighted by Gasteiger charge is -2.47. The van der Waals surface area contributed by atoms with E-state index in [1.807, 2.05) is 6.92 Å². The molecule has 1 heterocycles. The Morgan fingerprint density at radius 3 is 2.40 bits per heavy atom. The minimum Gasteiger partial charge on any atom is -0.388 e. The average molecular weight is 214 g/mol. The molecule has 90 valence electrons. The number of aliphatic hydroxyl groups is 1. The van der Waals surface area contributed by atoms with Crippen molar-refractivity contribution >= 4 is 0 Å². The minimum atomic E-state index is -0.658. The van der Waals surface area contributed by atoms with Gasteiger partial charge >= 0.3 is 0 Å². The number of hydrogen-bond donors (Lipinski definition) is 2. The summed E-state index contributed by atoms with van der Waals surface area (Å²) in [5, 5.41) is 10.6. The Bertz CT molecular complexity index is 196. The van der Waals surface area contributed by atoms with Crippen molar-refractivity contribution in [2.75, 3.05) is 20.1 Å². The van der Waals surface area contributed by atoms with Gasteiger partial charge in [-0.1, -0.05) is 19.8 Å². The molecule has 0 aromatic rings. The van der Waals surface area contributed by atoms with E-state index >= 15 is 0 Å². The van der Waals surface area contributed by atoms with Crippen molar-refractivity contribution in [2.45, 2.75) is 57.1 Å². The van der Waals surface area contributed by atoms with Gasteiger partial charge in [0.15, 0.2) is 0 Å². The van der Waals surface area contributed by atoms with Crippen molar-refractivity contribution in [2.24, 2.45) is 5.73 Å². The van der Waals surface area contributed by atoms with Gasteiger partial charge in [0.2, 0.25) is 0 Å². The maximum Gasteiger partial charge on any atom is 0.0847 e. The Hall–Kier alpha value is -0.120. The fraction of sp³-hybridized carbons (Fsp3) is 1.00. The second-order valence-electron chi connectivity index (χ2n) is 5.36. The Labute approximate surface area is 93.6 Å². The molecule has 1 aliphatic rings. The topological polar surface area (TPSA) is 49.5 Å². The average Bonchev–Trinajstić information content (AvgIpc) is 2.19. The first-order chi connectivity index (χ1) is 6.91. The zero-order chi connectivity index (χ0) is 11.5. The Morgan fingerprint density at radius 1 is 1.40 bits per heavy atom. The van der Waals surface area contributed by atoms with Gasteiger partial charge in [-0.25, -0.2) is 0 Å². The SMILES string of the molecule is CCCCC(C)(N)C1(O)CCN(C)CC1. The van der Waals surface area contributed by atoms with Crippen molar-refractivity contribution in [1.82, 2.24) is 4.90 Å². The van der Waals surface area contributed by atoms with Crippen LogP contribution in [-0.4, -0.2) is 41.3 Å². The molecule has 15 heavy (non-hydrogen) atoms. The van der Waals surface area contributed by atoms with E-state index in [9.17, 15) is 5.11 Å². The zero-order valence-corrected chi connectivity index (χ0v) is 10.4. The highest BCUT2D eigenvalue weighted by atomic mass is 16.3. The predicted octanol–water partition coefficient (Wildman–Crippen LogP) is 1.35. The maximum absolute atomic E-state index is 10.6. The van der Waals surface area contributed by atoms with Crippen LogP contribution in [0.3, 0.4) is 0 Å². The van der Waals surface area contributed by atoms with Crippen LogP contribution in [0, 0.1) is 0 Å². The monoisotopic (exact) mass is 214 g/mol.